The Hall–Kier alpha value is -5.42. The van der Waals surface area contributed by atoms with Crippen LogP contribution in [0, 0.1) is 0 Å². The molecule has 16 nitrogen and oxygen atoms in total. The van der Waals surface area contributed by atoms with E-state index in [2.05, 4.69) is 0 Å². The van der Waals surface area contributed by atoms with Crippen LogP contribution in [0.2, 0.25) is 0 Å². The molecule has 1 saturated heterocycles. The zero-order chi connectivity index (χ0) is 34.9. The third-order valence-electron chi connectivity index (χ3n) is 7.63. The van der Waals surface area contributed by atoms with Crippen molar-refractivity contribution in [3.05, 3.63) is 58.4 Å². The number of phenolic OH excluding ortho intramolecular Hbond substituents is 3. The van der Waals surface area contributed by atoms with E-state index in [0.29, 0.717) is 0 Å². The van der Waals surface area contributed by atoms with Gasteiger partial charge in [-0.1, -0.05) is 0 Å². The molecule has 4 aromatic rings. The highest BCUT2D eigenvalue weighted by atomic mass is 16.7. The van der Waals surface area contributed by atoms with Gasteiger partial charge in [-0.25, -0.2) is 4.79 Å². The molecule has 0 spiro atoms. The summed E-state index contributed by atoms with van der Waals surface area (Å²) in [5, 5.41) is 62.7. The van der Waals surface area contributed by atoms with Gasteiger partial charge >= 0.3 is 5.97 Å². The third-order valence-corrected chi connectivity index (χ3v) is 7.63. The van der Waals surface area contributed by atoms with E-state index in [1.807, 2.05) is 0 Å². The number of phenols is 3. The van der Waals surface area contributed by atoms with Gasteiger partial charge in [0.05, 0.1) is 39.6 Å². The number of aliphatic hydroxyl groups is 3. The Morgan fingerprint density at radius 3 is 2.12 bits per heavy atom. The maximum atomic E-state index is 14.0. The molecule has 0 radical (unpaired) electrons. The van der Waals surface area contributed by atoms with E-state index in [4.69, 9.17) is 37.6 Å². The van der Waals surface area contributed by atoms with Crippen molar-refractivity contribution in [2.24, 2.45) is 0 Å². The van der Waals surface area contributed by atoms with Gasteiger partial charge in [0.1, 0.15) is 48.3 Å². The van der Waals surface area contributed by atoms with Gasteiger partial charge in [-0.2, -0.15) is 0 Å². The number of carbonyl (C=O) groups is 1. The quantitative estimate of drug-likeness (QED) is 0.131. The number of aliphatic hydroxyl groups excluding tert-OH is 3. The molecule has 1 fully saturated rings. The predicted octanol–water partition coefficient (Wildman–Crippen LogP) is 1.65. The van der Waals surface area contributed by atoms with Gasteiger partial charge in [0.25, 0.3) is 0 Å². The van der Waals surface area contributed by atoms with Crippen LogP contribution in [-0.4, -0.2) is 102 Å². The van der Waals surface area contributed by atoms with E-state index in [1.165, 1.54) is 58.8 Å². The van der Waals surface area contributed by atoms with E-state index < -0.39 is 60.2 Å². The normalized spacial score (nSPS) is 20.6. The van der Waals surface area contributed by atoms with E-state index in [9.17, 15) is 40.2 Å². The number of esters is 1. The summed E-state index contributed by atoms with van der Waals surface area (Å²) in [5.74, 6) is -2.68. The highest BCUT2D eigenvalue weighted by Crippen LogP contribution is 2.45. The lowest BCUT2D eigenvalue weighted by atomic mass is 9.99. The maximum Gasteiger partial charge on any atom is 0.338 e. The summed E-state index contributed by atoms with van der Waals surface area (Å²) in [7, 11) is 5.12. The zero-order valence-corrected chi connectivity index (χ0v) is 25.9. The molecule has 16 heteroatoms. The number of aromatic hydroxyl groups is 3. The van der Waals surface area contributed by atoms with Crippen LogP contribution in [0.25, 0.3) is 22.1 Å². The molecule has 1 aliphatic heterocycles. The first-order chi connectivity index (χ1) is 22.9. The summed E-state index contributed by atoms with van der Waals surface area (Å²) in [6.07, 6.45) is -7.79. The van der Waals surface area contributed by atoms with Crippen molar-refractivity contribution in [3.63, 3.8) is 0 Å². The summed E-state index contributed by atoms with van der Waals surface area (Å²) >= 11 is 0. The molecular formula is C32H32O16. The first-order valence-corrected chi connectivity index (χ1v) is 14.1. The molecular weight excluding hydrogens is 640 g/mol. The average Bonchev–Trinajstić information content (AvgIpc) is 3.07. The molecule has 3 aromatic carbocycles. The number of rotatable bonds is 10. The van der Waals surface area contributed by atoms with Crippen LogP contribution in [0.15, 0.2) is 51.9 Å². The number of ether oxygens (including phenoxy) is 7. The van der Waals surface area contributed by atoms with Crippen molar-refractivity contribution in [3.8, 4) is 57.1 Å². The summed E-state index contributed by atoms with van der Waals surface area (Å²) in [6.45, 7) is -0.639. The smallest absolute Gasteiger partial charge is 0.338 e. The van der Waals surface area contributed by atoms with Crippen LogP contribution >= 0.6 is 0 Å². The molecule has 5 rings (SSSR count). The number of benzene rings is 3. The minimum absolute atomic E-state index is 0.00765. The Balaban J connectivity index is 1.50. The van der Waals surface area contributed by atoms with E-state index >= 15 is 0 Å². The molecule has 1 aliphatic rings. The van der Waals surface area contributed by atoms with Crippen molar-refractivity contribution >= 4 is 16.9 Å². The van der Waals surface area contributed by atoms with Gasteiger partial charge in [0, 0.05) is 6.07 Å². The van der Waals surface area contributed by atoms with Gasteiger partial charge in [0.15, 0.2) is 34.5 Å². The largest absolute Gasteiger partial charge is 0.504 e. The Labute approximate surface area is 271 Å². The molecule has 5 atom stereocenters. The predicted molar refractivity (Wildman–Crippen MR) is 163 cm³/mol. The summed E-state index contributed by atoms with van der Waals surface area (Å²) in [5.41, 5.74) is -0.865. The standard InChI is InChI=1S/C32H32O16/c1-41-19-8-13(5-6-16(19)33)31(40)46-12-22-25(37)26(38)27(39)32(47-22)48-30-23-20(10-18(35)29(30)44-4)45-11-15(24(23)36)14-7-17(34)28(43-3)21(9-14)42-2/h5-11,22,25-27,32-35,37-39H,12H2,1-4H3/t22-,25-,26+,27-,32+/m1/s1. The number of hydrogen-bond acceptors (Lipinski definition) is 16. The van der Waals surface area contributed by atoms with Gasteiger partial charge in [-0.05, 0) is 35.9 Å². The Morgan fingerprint density at radius 1 is 0.771 bits per heavy atom. The number of carbonyl (C=O) groups excluding carboxylic acids is 1. The molecule has 2 heterocycles. The van der Waals surface area contributed by atoms with Crippen LogP contribution in [0.1, 0.15) is 10.4 Å². The second-order valence-electron chi connectivity index (χ2n) is 10.5. The number of fused-ring (bicyclic) bond motifs is 1. The summed E-state index contributed by atoms with van der Waals surface area (Å²) in [4.78, 5) is 26.7. The van der Waals surface area contributed by atoms with E-state index in [-0.39, 0.29) is 62.2 Å². The van der Waals surface area contributed by atoms with Gasteiger partial charge in [0.2, 0.25) is 23.2 Å². The van der Waals surface area contributed by atoms with Crippen LogP contribution in [0.3, 0.4) is 0 Å². The minimum atomic E-state index is -1.92. The zero-order valence-electron chi connectivity index (χ0n) is 25.9. The Morgan fingerprint density at radius 2 is 1.46 bits per heavy atom. The van der Waals surface area contributed by atoms with E-state index in [1.54, 1.807) is 0 Å². The van der Waals surface area contributed by atoms with Gasteiger partial charge in [-0.15, -0.1) is 0 Å². The lowest BCUT2D eigenvalue weighted by molar-refractivity contribution is -0.277. The molecule has 0 unspecified atom stereocenters. The molecule has 6 N–H and O–H groups in total. The average molecular weight is 673 g/mol. The van der Waals surface area contributed by atoms with Crippen molar-refractivity contribution in [1.82, 2.24) is 0 Å². The molecule has 0 bridgehead atoms. The van der Waals surface area contributed by atoms with Crippen molar-refractivity contribution in [2.75, 3.05) is 35.0 Å². The second kappa shape index (κ2) is 13.7. The van der Waals surface area contributed by atoms with Crippen molar-refractivity contribution < 1.29 is 73.0 Å². The molecule has 0 aliphatic carbocycles. The molecule has 1 aromatic heterocycles. The fourth-order valence-corrected chi connectivity index (χ4v) is 5.14. The van der Waals surface area contributed by atoms with Gasteiger partial charge < -0.3 is 68.2 Å². The second-order valence-corrected chi connectivity index (χ2v) is 10.5. The highest BCUT2D eigenvalue weighted by molar-refractivity contribution is 5.92. The number of hydrogen-bond donors (Lipinski definition) is 6. The van der Waals surface area contributed by atoms with Gasteiger partial charge in [-0.3, -0.25) is 4.79 Å². The summed E-state index contributed by atoms with van der Waals surface area (Å²) in [6, 6.07) is 7.46. The Kier molecular flexibility index (Phi) is 9.72. The maximum absolute atomic E-state index is 14.0. The third kappa shape index (κ3) is 6.16. The topological polar surface area (TPSA) is 233 Å². The number of methoxy groups -OCH3 is 4. The van der Waals surface area contributed by atoms with Crippen LogP contribution in [0.4, 0.5) is 0 Å². The van der Waals surface area contributed by atoms with Crippen LogP contribution < -0.4 is 29.1 Å². The lowest BCUT2D eigenvalue weighted by Gasteiger charge is -2.40. The SMILES string of the molecule is COc1cc(C(=O)OC[C@H]2O[C@@H](Oc3c(OC)c(O)cc4occ(-c5cc(O)c(OC)c(OC)c5)c(=O)c34)[C@H](O)[C@@H](O)[C@@H]2O)ccc1O. The molecule has 0 amide bonds. The fraction of sp³-hybridized carbons (Fsp3) is 0.312. The highest BCUT2D eigenvalue weighted by Gasteiger charge is 2.46. The molecule has 0 saturated carbocycles. The van der Waals surface area contributed by atoms with Crippen LogP contribution in [-0.2, 0) is 9.47 Å². The lowest BCUT2D eigenvalue weighted by Crippen LogP contribution is -2.60. The monoisotopic (exact) mass is 672 g/mol. The minimum Gasteiger partial charge on any atom is -0.504 e. The fourth-order valence-electron chi connectivity index (χ4n) is 5.14. The molecule has 256 valence electrons. The van der Waals surface area contributed by atoms with Crippen molar-refractivity contribution in [2.45, 2.75) is 30.7 Å². The first kappa shape index (κ1) is 33.9. The first-order valence-electron chi connectivity index (χ1n) is 14.1. The molecule has 48 heavy (non-hydrogen) atoms. The van der Waals surface area contributed by atoms with Crippen LogP contribution in [0.5, 0.6) is 46.0 Å². The summed E-state index contributed by atoms with van der Waals surface area (Å²) < 4.78 is 43.2. The Bertz CT molecular complexity index is 1880. The van der Waals surface area contributed by atoms with E-state index in [0.717, 1.165) is 12.3 Å². The van der Waals surface area contributed by atoms with Crippen molar-refractivity contribution in [1.29, 1.82) is 0 Å².